The Kier molecular flexibility index (Phi) is 6.73. The van der Waals surface area contributed by atoms with Crippen LogP contribution in [0.25, 0.3) is 0 Å². The summed E-state index contributed by atoms with van der Waals surface area (Å²) in [7, 11) is 2.11. The van der Waals surface area contributed by atoms with Crippen LogP contribution in [0.15, 0.2) is 18.2 Å². The van der Waals surface area contributed by atoms with Gasteiger partial charge in [0.25, 0.3) is 0 Å². The van der Waals surface area contributed by atoms with Crippen molar-refractivity contribution in [2.45, 2.75) is 18.9 Å². The van der Waals surface area contributed by atoms with Gasteiger partial charge in [-0.3, -0.25) is 0 Å². The Labute approximate surface area is 136 Å². The van der Waals surface area contributed by atoms with E-state index >= 15 is 0 Å². The number of rotatable bonds is 7. The highest BCUT2D eigenvalue weighted by atomic mass is 35.5. The zero-order valence-electron chi connectivity index (χ0n) is 12.9. The van der Waals surface area contributed by atoms with Crippen LogP contribution in [0.5, 0.6) is 5.75 Å². The van der Waals surface area contributed by atoms with Gasteiger partial charge in [-0.15, -0.1) is 11.6 Å². The molecule has 1 atom stereocenters. The van der Waals surface area contributed by atoms with Gasteiger partial charge in [-0.25, -0.2) is 4.39 Å². The molecular formula is C16H24ClFN2O2. The van der Waals surface area contributed by atoms with Gasteiger partial charge in [0.15, 0.2) is 11.6 Å². The van der Waals surface area contributed by atoms with Gasteiger partial charge in [0, 0.05) is 18.3 Å². The summed E-state index contributed by atoms with van der Waals surface area (Å²) in [6, 6.07) is 4.75. The number of nitrogens with one attached hydrogen (secondary N) is 1. The molecule has 6 heteroatoms. The van der Waals surface area contributed by atoms with Crippen molar-refractivity contribution >= 4 is 17.3 Å². The average molecular weight is 331 g/mol. The molecular weight excluding hydrogens is 307 g/mol. The molecule has 4 nitrogen and oxygen atoms in total. The first-order valence-corrected chi connectivity index (χ1v) is 8.20. The van der Waals surface area contributed by atoms with Gasteiger partial charge in [0.2, 0.25) is 0 Å². The molecule has 1 heterocycles. The lowest BCUT2D eigenvalue weighted by atomic mass is 9.98. The van der Waals surface area contributed by atoms with Gasteiger partial charge < -0.3 is 20.1 Å². The second kappa shape index (κ2) is 8.56. The minimum absolute atomic E-state index is 0.146. The third-order valence-electron chi connectivity index (χ3n) is 3.96. The number of benzene rings is 1. The molecule has 1 aromatic rings. The van der Waals surface area contributed by atoms with Crippen molar-refractivity contribution in [3.05, 3.63) is 24.0 Å². The molecule has 124 valence electrons. The number of likely N-dealkylation sites (tertiary alicyclic amines) is 1. The number of piperidine rings is 1. The lowest BCUT2D eigenvalue weighted by Crippen LogP contribution is -2.32. The summed E-state index contributed by atoms with van der Waals surface area (Å²) >= 11 is 5.51. The number of aliphatic hydroxyl groups excluding tert-OH is 1. The molecule has 1 aliphatic rings. The zero-order chi connectivity index (χ0) is 15.9. The molecule has 1 fully saturated rings. The first-order valence-electron chi connectivity index (χ1n) is 7.67. The molecule has 1 unspecified atom stereocenters. The number of halogens is 2. The van der Waals surface area contributed by atoms with Gasteiger partial charge in [0.1, 0.15) is 0 Å². The topological polar surface area (TPSA) is 44.7 Å². The molecule has 2 rings (SSSR count). The van der Waals surface area contributed by atoms with E-state index in [0.29, 0.717) is 24.8 Å². The molecule has 0 amide bonds. The van der Waals surface area contributed by atoms with Crippen molar-refractivity contribution in [3.8, 4) is 5.75 Å². The number of aliphatic hydroxyl groups is 1. The van der Waals surface area contributed by atoms with Crippen molar-refractivity contribution in [1.29, 1.82) is 0 Å². The molecule has 0 bridgehead atoms. The minimum Gasteiger partial charge on any atom is -0.490 e. The van der Waals surface area contributed by atoms with Crippen LogP contribution in [0, 0.1) is 11.7 Å². The lowest BCUT2D eigenvalue weighted by Gasteiger charge is -2.28. The fraction of sp³-hybridized carbons (Fsp3) is 0.625. The van der Waals surface area contributed by atoms with Gasteiger partial charge in [-0.2, -0.15) is 0 Å². The first kappa shape index (κ1) is 17.3. The largest absolute Gasteiger partial charge is 0.490 e. The van der Waals surface area contributed by atoms with Crippen LogP contribution in [0.3, 0.4) is 0 Å². The average Bonchev–Trinajstić information content (AvgIpc) is 2.53. The molecule has 0 radical (unpaired) electrons. The van der Waals surface area contributed by atoms with Crippen molar-refractivity contribution in [3.63, 3.8) is 0 Å². The molecule has 0 aliphatic carbocycles. The number of nitrogens with zero attached hydrogens (tertiary/aromatic N) is 1. The van der Waals surface area contributed by atoms with E-state index in [1.54, 1.807) is 12.1 Å². The van der Waals surface area contributed by atoms with Crippen LogP contribution in [-0.2, 0) is 0 Å². The van der Waals surface area contributed by atoms with Crippen LogP contribution in [0.1, 0.15) is 12.8 Å². The van der Waals surface area contributed by atoms with E-state index in [1.165, 1.54) is 6.07 Å². The van der Waals surface area contributed by atoms with Crippen molar-refractivity contribution < 1.29 is 14.2 Å². The van der Waals surface area contributed by atoms with Crippen LogP contribution < -0.4 is 10.1 Å². The van der Waals surface area contributed by atoms with Crippen molar-refractivity contribution in [2.75, 3.05) is 44.5 Å². The Hall–Kier alpha value is -1.04. The number of hydrogen-bond donors (Lipinski definition) is 2. The van der Waals surface area contributed by atoms with Crippen molar-refractivity contribution in [2.24, 2.45) is 5.92 Å². The fourth-order valence-electron chi connectivity index (χ4n) is 2.45. The smallest absolute Gasteiger partial charge is 0.167 e. The van der Waals surface area contributed by atoms with E-state index in [4.69, 9.17) is 16.3 Å². The third-order valence-corrected chi connectivity index (χ3v) is 4.32. The van der Waals surface area contributed by atoms with Crippen LogP contribution in [0.2, 0.25) is 0 Å². The van der Waals surface area contributed by atoms with Gasteiger partial charge >= 0.3 is 0 Å². The summed E-state index contributed by atoms with van der Waals surface area (Å²) in [5, 5.41) is 12.3. The Bertz CT molecular complexity index is 467. The lowest BCUT2D eigenvalue weighted by molar-refractivity contribution is 0.157. The second-order valence-corrected chi connectivity index (χ2v) is 6.20. The molecule has 22 heavy (non-hydrogen) atoms. The number of alkyl halides is 1. The van der Waals surface area contributed by atoms with E-state index in [2.05, 4.69) is 17.3 Å². The summed E-state index contributed by atoms with van der Waals surface area (Å²) in [6.07, 6.45) is 1.53. The molecule has 0 aromatic heterocycles. The first-order chi connectivity index (χ1) is 10.6. The molecule has 1 aliphatic heterocycles. The van der Waals surface area contributed by atoms with Gasteiger partial charge in [-0.05, 0) is 51.0 Å². The highest BCUT2D eigenvalue weighted by molar-refractivity contribution is 6.18. The quantitative estimate of drug-likeness (QED) is 0.754. The molecule has 0 spiro atoms. The predicted octanol–water partition coefficient (Wildman–Crippen LogP) is 2.56. The summed E-state index contributed by atoms with van der Waals surface area (Å²) in [5.41, 5.74) is 0.605. The summed E-state index contributed by atoms with van der Waals surface area (Å²) in [5.74, 6) is 0.528. The number of ether oxygens (including phenoxy) is 1. The highest BCUT2D eigenvalue weighted by Crippen LogP contribution is 2.23. The fourth-order valence-corrected chi connectivity index (χ4v) is 2.56. The molecule has 0 saturated carbocycles. The zero-order valence-corrected chi connectivity index (χ0v) is 13.7. The monoisotopic (exact) mass is 330 g/mol. The second-order valence-electron chi connectivity index (χ2n) is 5.89. The van der Waals surface area contributed by atoms with E-state index in [-0.39, 0.29) is 11.6 Å². The maximum absolute atomic E-state index is 14.0. The Morgan fingerprint density at radius 2 is 2.18 bits per heavy atom. The SMILES string of the molecule is CN1CCC(COc2ccc(NCC(O)CCl)cc2F)CC1. The van der Waals surface area contributed by atoms with Crippen LogP contribution >= 0.6 is 11.6 Å². The van der Waals surface area contributed by atoms with Gasteiger partial charge in [-0.1, -0.05) is 0 Å². The standard InChI is InChI=1S/C16H24ClFN2O2/c1-20-6-4-12(5-7-20)11-22-16-3-2-13(8-15(16)18)19-10-14(21)9-17/h2-3,8,12,14,19,21H,4-7,9-11H2,1H3. The predicted molar refractivity (Wildman–Crippen MR) is 87.3 cm³/mol. The Balaban J connectivity index is 1.82. The Morgan fingerprint density at radius 3 is 2.82 bits per heavy atom. The van der Waals surface area contributed by atoms with Gasteiger partial charge in [0.05, 0.1) is 18.6 Å². The van der Waals surface area contributed by atoms with E-state index < -0.39 is 11.9 Å². The maximum atomic E-state index is 14.0. The normalized spacial score (nSPS) is 18.2. The van der Waals surface area contributed by atoms with Crippen molar-refractivity contribution in [1.82, 2.24) is 4.90 Å². The third kappa shape index (κ3) is 5.30. The van der Waals surface area contributed by atoms with E-state index in [9.17, 15) is 9.50 Å². The van der Waals surface area contributed by atoms with E-state index in [0.717, 1.165) is 25.9 Å². The number of anilines is 1. The molecule has 2 N–H and O–H groups in total. The molecule has 1 aromatic carbocycles. The van der Waals surface area contributed by atoms with Crippen LogP contribution in [0.4, 0.5) is 10.1 Å². The summed E-state index contributed by atoms with van der Waals surface area (Å²) in [4.78, 5) is 2.30. The van der Waals surface area contributed by atoms with Crippen LogP contribution in [-0.4, -0.2) is 55.3 Å². The summed E-state index contributed by atoms with van der Waals surface area (Å²) < 4.78 is 19.6. The maximum Gasteiger partial charge on any atom is 0.167 e. The Morgan fingerprint density at radius 1 is 1.45 bits per heavy atom. The highest BCUT2D eigenvalue weighted by Gasteiger charge is 2.17. The number of hydrogen-bond acceptors (Lipinski definition) is 4. The minimum atomic E-state index is -0.648. The summed E-state index contributed by atoms with van der Waals surface area (Å²) in [6.45, 7) is 2.99. The van der Waals surface area contributed by atoms with E-state index in [1.807, 2.05) is 0 Å². The molecule has 1 saturated heterocycles.